The van der Waals surface area contributed by atoms with Gasteiger partial charge in [-0.05, 0) is 32.3 Å². The molecule has 0 unspecified atom stereocenters. The summed E-state index contributed by atoms with van der Waals surface area (Å²) in [6, 6.07) is 0. The molecular formula is C16H27ClN2O2. The lowest BCUT2D eigenvalue weighted by Gasteiger charge is -2.10. The standard InChI is InChI=1S/C16H27ClN2O2/c1-5-15(19-13(2)17)14(16(18)21-4)11-9-7-6-8-10-12-20-3/h5,18H,1,6-12H2,2-4H3/b15-14-,18-16?,19-13?. The number of ether oxygens (including phenoxy) is 2. The van der Waals surface area contributed by atoms with Crippen molar-refractivity contribution in [3.8, 4) is 0 Å². The van der Waals surface area contributed by atoms with Crippen molar-refractivity contribution in [3.63, 3.8) is 0 Å². The van der Waals surface area contributed by atoms with E-state index in [1.54, 1.807) is 20.1 Å². The second-order valence-electron chi connectivity index (χ2n) is 4.72. The van der Waals surface area contributed by atoms with Crippen molar-refractivity contribution in [2.24, 2.45) is 4.99 Å². The number of hydrogen-bond donors (Lipinski definition) is 1. The Bertz CT molecular complexity index is 386. The van der Waals surface area contributed by atoms with E-state index in [2.05, 4.69) is 11.6 Å². The van der Waals surface area contributed by atoms with Crippen LogP contribution in [0.2, 0.25) is 0 Å². The Labute approximate surface area is 133 Å². The number of nitrogens with zero attached hydrogens (tertiary/aromatic N) is 1. The zero-order chi connectivity index (χ0) is 16.1. The second kappa shape index (κ2) is 12.6. The molecular weight excluding hydrogens is 288 g/mol. The zero-order valence-electron chi connectivity index (χ0n) is 13.4. The van der Waals surface area contributed by atoms with Gasteiger partial charge in [-0.15, -0.1) is 0 Å². The molecule has 0 atom stereocenters. The van der Waals surface area contributed by atoms with Crippen molar-refractivity contribution in [2.45, 2.75) is 45.4 Å². The topological polar surface area (TPSA) is 54.7 Å². The van der Waals surface area contributed by atoms with Gasteiger partial charge in [0.05, 0.1) is 12.8 Å². The number of halogens is 1. The molecule has 0 rings (SSSR count). The zero-order valence-corrected chi connectivity index (χ0v) is 14.1. The van der Waals surface area contributed by atoms with Gasteiger partial charge in [0.15, 0.2) is 0 Å². The lowest BCUT2D eigenvalue weighted by molar-refractivity contribution is 0.192. The molecule has 0 aromatic rings. The van der Waals surface area contributed by atoms with Gasteiger partial charge >= 0.3 is 0 Å². The predicted octanol–water partition coefficient (Wildman–Crippen LogP) is 4.69. The van der Waals surface area contributed by atoms with Crippen LogP contribution < -0.4 is 0 Å². The van der Waals surface area contributed by atoms with E-state index in [1.807, 2.05) is 0 Å². The Kier molecular flexibility index (Phi) is 11.9. The molecule has 0 aromatic heterocycles. The minimum Gasteiger partial charge on any atom is -0.481 e. The number of unbranched alkanes of at least 4 members (excludes halogenated alkanes) is 4. The summed E-state index contributed by atoms with van der Waals surface area (Å²) in [5.74, 6) is 0.131. The van der Waals surface area contributed by atoms with Gasteiger partial charge in [-0.1, -0.05) is 37.4 Å². The minimum atomic E-state index is 0.131. The fourth-order valence-electron chi connectivity index (χ4n) is 1.96. The second-order valence-corrected chi connectivity index (χ2v) is 5.27. The summed E-state index contributed by atoms with van der Waals surface area (Å²) in [6.45, 7) is 6.27. The highest BCUT2D eigenvalue weighted by molar-refractivity contribution is 6.64. The first-order valence-electron chi connectivity index (χ1n) is 7.25. The fourth-order valence-corrected chi connectivity index (χ4v) is 2.05. The van der Waals surface area contributed by atoms with Crippen LogP contribution in [0.5, 0.6) is 0 Å². The van der Waals surface area contributed by atoms with Crippen LogP contribution in [0.1, 0.15) is 45.4 Å². The summed E-state index contributed by atoms with van der Waals surface area (Å²) >= 11 is 5.82. The van der Waals surface area contributed by atoms with E-state index in [4.69, 9.17) is 26.5 Å². The Morgan fingerprint density at radius 2 is 1.81 bits per heavy atom. The van der Waals surface area contributed by atoms with Crippen molar-refractivity contribution in [2.75, 3.05) is 20.8 Å². The summed E-state index contributed by atoms with van der Waals surface area (Å²) in [7, 11) is 3.22. The van der Waals surface area contributed by atoms with Crippen molar-refractivity contribution in [1.82, 2.24) is 0 Å². The van der Waals surface area contributed by atoms with Crippen molar-refractivity contribution < 1.29 is 9.47 Å². The molecule has 0 amide bonds. The Morgan fingerprint density at radius 1 is 1.19 bits per heavy atom. The molecule has 0 aliphatic heterocycles. The molecule has 0 spiro atoms. The summed E-state index contributed by atoms with van der Waals surface area (Å²) < 4.78 is 10.1. The third-order valence-electron chi connectivity index (χ3n) is 3.03. The first kappa shape index (κ1) is 19.9. The van der Waals surface area contributed by atoms with Gasteiger partial charge < -0.3 is 9.47 Å². The molecule has 0 saturated carbocycles. The number of methoxy groups -OCH3 is 2. The highest BCUT2D eigenvalue weighted by atomic mass is 35.5. The van der Waals surface area contributed by atoms with E-state index >= 15 is 0 Å². The van der Waals surface area contributed by atoms with Gasteiger partial charge in [-0.25, -0.2) is 4.99 Å². The molecule has 0 heterocycles. The van der Waals surface area contributed by atoms with Gasteiger partial charge in [0.25, 0.3) is 0 Å². The Morgan fingerprint density at radius 3 is 2.33 bits per heavy atom. The van der Waals surface area contributed by atoms with Crippen molar-refractivity contribution in [1.29, 1.82) is 5.41 Å². The summed E-state index contributed by atoms with van der Waals surface area (Å²) in [6.07, 6.45) is 7.89. The van der Waals surface area contributed by atoms with Gasteiger partial charge in [-0.3, -0.25) is 5.41 Å². The van der Waals surface area contributed by atoms with Crippen LogP contribution in [-0.2, 0) is 9.47 Å². The van der Waals surface area contributed by atoms with Gasteiger partial charge in [0.1, 0.15) is 5.17 Å². The normalized spacial score (nSPS) is 12.9. The van der Waals surface area contributed by atoms with Crippen LogP contribution in [-0.4, -0.2) is 31.9 Å². The maximum absolute atomic E-state index is 7.89. The van der Waals surface area contributed by atoms with E-state index in [1.165, 1.54) is 13.5 Å². The highest BCUT2D eigenvalue weighted by Gasteiger charge is 2.10. The minimum absolute atomic E-state index is 0.131. The molecule has 21 heavy (non-hydrogen) atoms. The average molecular weight is 315 g/mol. The number of allylic oxidation sites excluding steroid dienone is 1. The largest absolute Gasteiger partial charge is 0.481 e. The van der Waals surface area contributed by atoms with Crippen molar-refractivity contribution in [3.05, 3.63) is 23.9 Å². The van der Waals surface area contributed by atoms with Crippen LogP contribution in [0, 0.1) is 5.41 Å². The maximum atomic E-state index is 7.89. The van der Waals surface area contributed by atoms with E-state index in [-0.39, 0.29) is 5.90 Å². The van der Waals surface area contributed by atoms with Crippen LogP contribution >= 0.6 is 11.6 Å². The van der Waals surface area contributed by atoms with Crippen LogP contribution in [0.25, 0.3) is 0 Å². The predicted molar refractivity (Wildman–Crippen MR) is 90.5 cm³/mol. The lowest BCUT2D eigenvalue weighted by atomic mass is 10.0. The molecule has 1 N–H and O–H groups in total. The lowest BCUT2D eigenvalue weighted by Crippen LogP contribution is -2.06. The number of rotatable bonds is 11. The molecule has 0 aliphatic rings. The Balaban J connectivity index is 4.51. The van der Waals surface area contributed by atoms with E-state index in [0.717, 1.165) is 44.3 Å². The first-order valence-corrected chi connectivity index (χ1v) is 7.62. The summed E-state index contributed by atoms with van der Waals surface area (Å²) in [5, 5.41) is 8.31. The molecule has 5 heteroatoms. The molecule has 0 bridgehead atoms. The maximum Gasteiger partial charge on any atom is 0.210 e. The molecule has 0 radical (unpaired) electrons. The van der Waals surface area contributed by atoms with Crippen LogP contribution in [0.3, 0.4) is 0 Å². The van der Waals surface area contributed by atoms with Gasteiger partial charge in [0.2, 0.25) is 5.90 Å². The number of hydrogen-bond acceptors (Lipinski definition) is 4. The van der Waals surface area contributed by atoms with E-state index < -0.39 is 0 Å². The Hall–Kier alpha value is -1.13. The first-order chi connectivity index (χ1) is 10.1. The third kappa shape index (κ3) is 9.43. The van der Waals surface area contributed by atoms with E-state index in [9.17, 15) is 0 Å². The molecule has 0 aliphatic carbocycles. The smallest absolute Gasteiger partial charge is 0.210 e. The SMILES string of the molecule is C=C/C(N=C(C)Cl)=C(\CCCCCCCOC)C(=N)OC. The summed E-state index contributed by atoms with van der Waals surface area (Å²) in [4.78, 5) is 4.21. The monoisotopic (exact) mass is 314 g/mol. The van der Waals surface area contributed by atoms with Gasteiger partial charge in [0, 0.05) is 19.3 Å². The quantitative estimate of drug-likeness (QED) is 0.260. The third-order valence-corrected chi connectivity index (χ3v) is 3.12. The van der Waals surface area contributed by atoms with E-state index in [0.29, 0.717) is 10.9 Å². The van der Waals surface area contributed by atoms with Crippen LogP contribution in [0.15, 0.2) is 28.9 Å². The summed E-state index contributed by atoms with van der Waals surface area (Å²) in [5.41, 5.74) is 1.37. The van der Waals surface area contributed by atoms with Crippen LogP contribution in [0.4, 0.5) is 0 Å². The molecule has 4 nitrogen and oxygen atoms in total. The average Bonchev–Trinajstić information content (AvgIpc) is 2.47. The van der Waals surface area contributed by atoms with Gasteiger partial charge in [-0.2, -0.15) is 0 Å². The molecule has 0 aromatic carbocycles. The number of aliphatic imine (C=N–C) groups is 1. The molecule has 120 valence electrons. The number of nitrogens with one attached hydrogen (secondary N) is 1. The molecule has 0 saturated heterocycles. The van der Waals surface area contributed by atoms with Crippen molar-refractivity contribution >= 4 is 22.7 Å². The highest BCUT2D eigenvalue weighted by Crippen LogP contribution is 2.19. The molecule has 0 fully saturated rings. The fraction of sp³-hybridized carbons (Fsp3) is 0.625.